The van der Waals surface area contributed by atoms with Crippen LogP contribution in [0.5, 0.6) is 0 Å². The van der Waals surface area contributed by atoms with Gasteiger partial charge >= 0.3 is 0 Å². The molecule has 0 fully saturated rings. The number of aliphatic hydroxyl groups excluding tert-OH is 1. The van der Waals surface area contributed by atoms with Crippen molar-refractivity contribution in [1.82, 2.24) is 5.32 Å². The molecule has 0 radical (unpaired) electrons. The molecule has 1 atom stereocenters. The molecule has 0 spiro atoms. The number of rotatable bonds is 8. The lowest BCUT2D eigenvalue weighted by atomic mass is 9.89. The first-order chi connectivity index (χ1) is 8.55. The molecular weight excluding hydrogens is 222 g/mol. The second-order valence-corrected chi connectivity index (χ2v) is 5.92. The minimum Gasteiger partial charge on any atom is -0.396 e. The summed E-state index contributed by atoms with van der Waals surface area (Å²) in [4.78, 5) is 0. The predicted octanol–water partition coefficient (Wildman–Crippen LogP) is 3.18. The van der Waals surface area contributed by atoms with E-state index in [2.05, 4.69) is 56.4 Å². The van der Waals surface area contributed by atoms with Crippen LogP contribution in [0.25, 0.3) is 0 Å². The van der Waals surface area contributed by atoms with E-state index in [0.29, 0.717) is 5.92 Å². The van der Waals surface area contributed by atoms with Gasteiger partial charge in [0.25, 0.3) is 0 Å². The highest BCUT2D eigenvalue weighted by molar-refractivity contribution is 5.18. The Hall–Kier alpha value is -0.860. The number of hydrogen-bond acceptors (Lipinski definition) is 2. The Labute approximate surface area is 111 Å². The average Bonchev–Trinajstić information content (AvgIpc) is 2.35. The summed E-state index contributed by atoms with van der Waals surface area (Å²) < 4.78 is 0. The maximum atomic E-state index is 8.97. The molecule has 1 rings (SSSR count). The van der Waals surface area contributed by atoms with Crippen LogP contribution in [0.1, 0.15) is 45.1 Å². The molecule has 2 nitrogen and oxygen atoms in total. The van der Waals surface area contributed by atoms with E-state index >= 15 is 0 Å². The summed E-state index contributed by atoms with van der Waals surface area (Å²) in [6.45, 7) is 8.93. The van der Waals surface area contributed by atoms with Crippen LogP contribution in [-0.4, -0.2) is 24.8 Å². The molecule has 0 aliphatic carbocycles. The molecular formula is C16H27NO. The van der Waals surface area contributed by atoms with E-state index in [0.717, 1.165) is 25.9 Å². The van der Waals surface area contributed by atoms with E-state index in [1.54, 1.807) is 0 Å². The Morgan fingerprint density at radius 2 is 1.89 bits per heavy atom. The minimum atomic E-state index is 0.185. The molecule has 0 aliphatic heterocycles. The van der Waals surface area contributed by atoms with Gasteiger partial charge in [-0.15, -0.1) is 0 Å². The number of hydrogen-bond donors (Lipinski definition) is 2. The van der Waals surface area contributed by atoms with Gasteiger partial charge in [-0.2, -0.15) is 0 Å². The van der Waals surface area contributed by atoms with Gasteiger partial charge in [-0.3, -0.25) is 0 Å². The quantitative estimate of drug-likeness (QED) is 0.694. The van der Waals surface area contributed by atoms with Crippen LogP contribution in [0.15, 0.2) is 30.3 Å². The molecule has 0 aromatic heterocycles. The topological polar surface area (TPSA) is 32.3 Å². The molecule has 0 amide bonds. The maximum absolute atomic E-state index is 8.97. The molecule has 0 saturated carbocycles. The zero-order chi connectivity index (χ0) is 13.4. The summed E-state index contributed by atoms with van der Waals surface area (Å²) in [6, 6.07) is 10.7. The lowest BCUT2D eigenvalue weighted by Gasteiger charge is -2.24. The highest BCUT2D eigenvalue weighted by Gasteiger charge is 2.16. The van der Waals surface area contributed by atoms with Gasteiger partial charge in [0.05, 0.1) is 0 Å². The first kappa shape index (κ1) is 15.2. The summed E-state index contributed by atoms with van der Waals surface area (Å²) in [5, 5.41) is 12.5. The number of nitrogens with one attached hydrogen (secondary N) is 1. The average molecular weight is 249 g/mol. The van der Waals surface area contributed by atoms with Gasteiger partial charge in [0.15, 0.2) is 0 Å². The standard InChI is InChI=1S/C16H27NO/c1-14(15-7-5-4-6-8-15)9-11-17-13-16(2,3)10-12-18/h4-8,14,17-18H,9-13H2,1-3H3. The largest absolute Gasteiger partial charge is 0.396 e. The van der Waals surface area contributed by atoms with Crippen molar-refractivity contribution in [1.29, 1.82) is 0 Å². The van der Waals surface area contributed by atoms with Crippen LogP contribution in [0.3, 0.4) is 0 Å². The van der Waals surface area contributed by atoms with E-state index in [4.69, 9.17) is 5.11 Å². The molecule has 0 aliphatic rings. The monoisotopic (exact) mass is 249 g/mol. The van der Waals surface area contributed by atoms with E-state index in [9.17, 15) is 0 Å². The van der Waals surface area contributed by atoms with Gasteiger partial charge in [-0.05, 0) is 36.3 Å². The molecule has 0 bridgehead atoms. The molecule has 2 N–H and O–H groups in total. The lowest BCUT2D eigenvalue weighted by Crippen LogP contribution is -2.31. The smallest absolute Gasteiger partial charge is 0.0436 e. The van der Waals surface area contributed by atoms with Crippen LogP contribution in [-0.2, 0) is 0 Å². The SMILES string of the molecule is CC(CCNCC(C)(C)CCO)c1ccccc1. The maximum Gasteiger partial charge on any atom is 0.0436 e. The van der Waals surface area contributed by atoms with E-state index in [1.807, 2.05) is 0 Å². The van der Waals surface area contributed by atoms with E-state index < -0.39 is 0 Å². The van der Waals surface area contributed by atoms with E-state index in [-0.39, 0.29) is 12.0 Å². The first-order valence-electron chi connectivity index (χ1n) is 6.92. The fourth-order valence-electron chi connectivity index (χ4n) is 2.08. The van der Waals surface area contributed by atoms with Crippen molar-refractivity contribution >= 4 is 0 Å². The Balaban J connectivity index is 2.22. The third-order valence-corrected chi connectivity index (χ3v) is 3.51. The normalized spacial score (nSPS) is 13.6. The zero-order valence-corrected chi connectivity index (χ0v) is 11.9. The fourth-order valence-corrected chi connectivity index (χ4v) is 2.08. The fraction of sp³-hybridized carbons (Fsp3) is 0.625. The van der Waals surface area contributed by atoms with Crippen molar-refractivity contribution in [2.24, 2.45) is 5.41 Å². The van der Waals surface area contributed by atoms with Crippen molar-refractivity contribution in [3.05, 3.63) is 35.9 Å². The van der Waals surface area contributed by atoms with Gasteiger partial charge in [-0.1, -0.05) is 51.1 Å². The third-order valence-electron chi connectivity index (χ3n) is 3.51. The van der Waals surface area contributed by atoms with Crippen molar-refractivity contribution in [3.63, 3.8) is 0 Å². The molecule has 102 valence electrons. The highest BCUT2D eigenvalue weighted by Crippen LogP contribution is 2.19. The Kier molecular flexibility index (Phi) is 6.37. The second kappa shape index (κ2) is 7.55. The first-order valence-corrected chi connectivity index (χ1v) is 6.92. The summed E-state index contributed by atoms with van der Waals surface area (Å²) in [7, 11) is 0. The number of benzene rings is 1. The van der Waals surface area contributed by atoms with Gasteiger partial charge in [0.1, 0.15) is 0 Å². The van der Waals surface area contributed by atoms with Gasteiger partial charge < -0.3 is 10.4 Å². The zero-order valence-electron chi connectivity index (χ0n) is 11.9. The summed E-state index contributed by atoms with van der Waals surface area (Å²) in [5.41, 5.74) is 1.60. The molecule has 18 heavy (non-hydrogen) atoms. The summed E-state index contributed by atoms with van der Waals surface area (Å²) >= 11 is 0. The van der Waals surface area contributed by atoms with Crippen LogP contribution < -0.4 is 5.32 Å². The molecule has 0 heterocycles. The second-order valence-electron chi connectivity index (χ2n) is 5.92. The summed E-state index contributed by atoms with van der Waals surface area (Å²) in [5.74, 6) is 0.597. The lowest BCUT2D eigenvalue weighted by molar-refractivity contribution is 0.207. The van der Waals surface area contributed by atoms with Crippen LogP contribution >= 0.6 is 0 Å². The Morgan fingerprint density at radius 1 is 1.22 bits per heavy atom. The van der Waals surface area contributed by atoms with Crippen LogP contribution in [0.2, 0.25) is 0 Å². The van der Waals surface area contributed by atoms with Gasteiger partial charge in [0, 0.05) is 13.2 Å². The third kappa shape index (κ3) is 5.65. The minimum absolute atomic E-state index is 0.185. The van der Waals surface area contributed by atoms with Crippen LogP contribution in [0.4, 0.5) is 0 Å². The van der Waals surface area contributed by atoms with Crippen molar-refractivity contribution in [2.75, 3.05) is 19.7 Å². The molecule has 1 unspecified atom stereocenters. The summed E-state index contributed by atoms with van der Waals surface area (Å²) in [6.07, 6.45) is 2.01. The Morgan fingerprint density at radius 3 is 2.50 bits per heavy atom. The van der Waals surface area contributed by atoms with Crippen LogP contribution in [0, 0.1) is 5.41 Å². The van der Waals surface area contributed by atoms with Crippen molar-refractivity contribution in [2.45, 2.75) is 39.5 Å². The van der Waals surface area contributed by atoms with E-state index in [1.165, 1.54) is 5.56 Å². The predicted molar refractivity (Wildman–Crippen MR) is 77.8 cm³/mol. The molecule has 1 aromatic rings. The van der Waals surface area contributed by atoms with Crippen molar-refractivity contribution < 1.29 is 5.11 Å². The molecule has 2 heteroatoms. The number of aliphatic hydroxyl groups is 1. The molecule has 1 aromatic carbocycles. The molecule has 0 saturated heterocycles. The Bertz CT molecular complexity index is 321. The van der Waals surface area contributed by atoms with Gasteiger partial charge in [0.2, 0.25) is 0 Å². The van der Waals surface area contributed by atoms with Gasteiger partial charge in [-0.25, -0.2) is 0 Å². The van der Waals surface area contributed by atoms with Crippen molar-refractivity contribution in [3.8, 4) is 0 Å². The highest BCUT2D eigenvalue weighted by atomic mass is 16.3.